The molecule has 4 heteroatoms. The second kappa shape index (κ2) is 19.9. The third kappa shape index (κ3) is 9.88. The van der Waals surface area contributed by atoms with Gasteiger partial charge >= 0.3 is 26.2 Å². The van der Waals surface area contributed by atoms with Gasteiger partial charge in [-0.05, 0) is 0 Å². The predicted molar refractivity (Wildman–Crippen MR) is 193 cm³/mol. The molecule has 4 aromatic rings. The van der Waals surface area contributed by atoms with Crippen LogP contribution in [0.1, 0.15) is 11.1 Å². The van der Waals surface area contributed by atoms with Gasteiger partial charge in [-0.1, -0.05) is 83.9 Å². The third-order valence-corrected chi connectivity index (χ3v) is 6.96. The third-order valence-electron chi connectivity index (χ3n) is 6.96. The van der Waals surface area contributed by atoms with Crippen LogP contribution < -0.4 is 0 Å². The zero-order valence-corrected chi connectivity index (χ0v) is 29.9. The van der Waals surface area contributed by atoms with Gasteiger partial charge in [-0.3, -0.25) is 0 Å². The van der Waals surface area contributed by atoms with E-state index in [0.29, 0.717) is 0 Å². The monoisotopic (exact) mass is 702 g/mol. The Morgan fingerprint density at radius 1 is 0.455 bits per heavy atom. The Morgan fingerprint density at radius 3 is 1.14 bits per heavy atom. The first-order valence-corrected chi connectivity index (χ1v) is 13.6. The van der Waals surface area contributed by atoms with E-state index in [1.807, 2.05) is 60.7 Å². The SMILES string of the molecule is C[c-]1cccc2c3ccccc3cc1-2.C[c-]1cccc2c3ccccc3cc1-2.Cl.Cl.[Si].[Zr+4].[c-]1ccccc1.[c-]1ccccc1. The molecular formula is C40H34Cl2SiZr. The molecule has 4 aromatic carbocycles. The summed E-state index contributed by atoms with van der Waals surface area (Å²) in [5, 5.41) is 5.42. The van der Waals surface area contributed by atoms with Crippen LogP contribution in [0, 0.1) is 26.0 Å². The largest absolute Gasteiger partial charge is 4.00 e. The van der Waals surface area contributed by atoms with Crippen molar-refractivity contribution in [1.29, 1.82) is 0 Å². The minimum absolute atomic E-state index is 0. The fourth-order valence-electron chi connectivity index (χ4n) is 4.95. The molecule has 0 fully saturated rings. The number of rotatable bonds is 0. The van der Waals surface area contributed by atoms with E-state index in [1.165, 1.54) is 54.9 Å². The molecular weight excluding hydrogens is 671 g/mol. The number of aryl methyl sites for hydroxylation is 2. The van der Waals surface area contributed by atoms with E-state index < -0.39 is 0 Å². The summed E-state index contributed by atoms with van der Waals surface area (Å²) in [5.41, 5.74) is 8.24. The second-order valence-electron chi connectivity index (χ2n) is 9.69. The molecule has 0 bridgehead atoms. The number of halogens is 2. The minimum Gasteiger partial charge on any atom is -0.184 e. The summed E-state index contributed by atoms with van der Waals surface area (Å²) in [5.74, 6) is 0. The van der Waals surface area contributed by atoms with Crippen LogP contribution in [0.4, 0.5) is 0 Å². The van der Waals surface area contributed by atoms with Crippen molar-refractivity contribution in [2.24, 2.45) is 0 Å². The molecule has 0 nitrogen and oxygen atoms in total. The average molecular weight is 705 g/mol. The van der Waals surface area contributed by atoms with Gasteiger partial charge < -0.3 is 0 Å². The van der Waals surface area contributed by atoms with E-state index in [2.05, 4.69) is 123 Å². The van der Waals surface area contributed by atoms with E-state index in [1.54, 1.807) is 0 Å². The van der Waals surface area contributed by atoms with Crippen LogP contribution in [0.3, 0.4) is 0 Å². The Kier molecular flexibility index (Phi) is 17.5. The maximum absolute atomic E-state index is 2.89. The van der Waals surface area contributed by atoms with Crippen molar-refractivity contribution < 1.29 is 26.2 Å². The first-order valence-electron chi connectivity index (χ1n) is 13.6. The van der Waals surface area contributed by atoms with Crippen molar-refractivity contribution in [1.82, 2.24) is 0 Å². The van der Waals surface area contributed by atoms with Crippen molar-refractivity contribution >= 4 is 57.3 Å². The Morgan fingerprint density at radius 2 is 0.818 bits per heavy atom. The Balaban J connectivity index is 0.000000304. The van der Waals surface area contributed by atoms with Crippen molar-refractivity contribution in [3.05, 3.63) is 181 Å². The molecule has 0 saturated carbocycles. The number of hydrogen-bond donors (Lipinski definition) is 0. The summed E-state index contributed by atoms with van der Waals surface area (Å²) < 4.78 is 0. The van der Waals surface area contributed by atoms with Gasteiger partial charge in [-0.15, -0.1) is 107 Å². The van der Waals surface area contributed by atoms with Crippen LogP contribution in [0.25, 0.3) is 43.8 Å². The molecule has 0 saturated heterocycles. The summed E-state index contributed by atoms with van der Waals surface area (Å²) >= 11 is 0. The van der Waals surface area contributed by atoms with Gasteiger partial charge in [0.15, 0.2) is 0 Å². The molecule has 0 spiro atoms. The van der Waals surface area contributed by atoms with E-state index in [-0.39, 0.29) is 62.0 Å². The summed E-state index contributed by atoms with van der Waals surface area (Å²) in [6, 6.07) is 59.7. The van der Waals surface area contributed by atoms with Gasteiger partial charge in [0.05, 0.1) is 0 Å². The maximum Gasteiger partial charge on any atom is 4.00 e. The molecule has 0 unspecified atom stereocenters. The van der Waals surface area contributed by atoms with Crippen molar-refractivity contribution in [3.8, 4) is 22.3 Å². The molecule has 4 radical (unpaired) electrons. The van der Waals surface area contributed by atoms with Crippen LogP contribution in [0.5, 0.6) is 0 Å². The fraction of sp³-hybridized carbons (Fsp3) is 0.0500. The van der Waals surface area contributed by atoms with Crippen LogP contribution in [0.2, 0.25) is 0 Å². The number of benzene rings is 6. The molecule has 0 aliphatic heterocycles. The topological polar surface area (TPSA) is 0 Å². The van der Waals surface area contributed by atoms with E-state index in [4.69, 9.17) is 0 Å². The van der Waals surface area contributed by atoms with Crippen LogP contribution in [0.15, 0.2) is 158 Å². The molecule has 0 atom stereocenters. The van der Waals surface area contributed by atoms with Gasteiger partial charge in [-0.25, -0.2) is 0 Å². The molecule has 0 aromatic heterocycles. The molecule has 4 aliphatic carbocycles. The summed E-state index contributed by atoms with van der Waals surface area (Å²) in [4.78, 5) is 0. The van der Waals surface area contributed by atoms with E-state index >= 15 is 0 Å². The standard InChI is InChI=1S/2C14H11.2C6H5.2ClH.Si.Zr/c2*1-10-5-4-8-13-12-7-3-2-6-11(12)9-14(10)13;2*1-2-4-6-5-3-1;;;;/h2*2-9H,1H3;2*1-5H;2*1H;;/q4*-1;;;;+4. The molecule has 8 rings (SSSR count). The van der Waals surface area contributed by atoms with Crippen LogP contribution >= 0.6 is 24.8 Å². The number of hydrogen-bond acceptors (Lipinski definition) is 0. The van der Waals surface area contributed by atoms with Gasteiger partial charge in [0, 0.05) is 11.0 Å². The van der Waals surface area contributed by atoms with Crippen LogP contribution in [-0.2, 0) is 26.2 Å². The smallest absolute Gasteiger partial charge is 0.184 e. The van der Waals surface area contributed by atoms with Gasteiger partial charge in [0.2, 0.25) is 0 Å². The molecule has 0 N–H and O–H groups in total. The summed E-state index contributed by atoms with van der Waals surface area (Å²) in [6.07, 6.45) is 0. The van der Waals surface area contributed by atoms with Crippen molar-refractivity contribution in [2.75, 3.05) is 0 Å². The molecule has 0 amide bonds. The Hall–Kier alpha value is -3.26. The maximum atomic E-state index is 2.89. The summed E-state index contributed by atoms with van der Waals surface area (Å²) in [6.45, 7) is 4.34. The van der Waals surface area contributed by atoms with Gasteiger partial charge in [0.25, 0.3) is 0 Å². The zero-order valence-electron chi connectivity index (χ0n) is 24.8. The summed E-state index contributed by atoms with van der Waals surface area (Å²) in [7, 11) is 0. The Labute approximate surface area is 298 Å². The minimum atomic E-state index is 0. The average Bonchev–Trinajstić information content (AvgIpc) is 3.61. The first kappa shape index (κ1) is 38.8. The zero-order chi connectivity index (χ0) is 27.6. The van der Waals surface area contributed by atoms with Crippen molar-refractivity contribution in [2.45, 2.75) is 13.8 Å². The van der Waals surface area contributed by atoms with Gasteiger partial charge in [0.1, 0.15) is 0 Å². The molecule has 44 heavy (non-hydrogen) atoms. The Bertz CT molecular complexity index is 1630. The van der Waals surface area contributed by atoms with Crippen LogP contribution in [-0.4, -0.2) is 11.0 Å². The second-order valence-corrected chi connectivity index (χ2v) is 9.69. The van der Waals surface area contributed by atoms with Crippen molar-refractivity contribution in [3.63, 3.8) is 0 Å². The first-order chi connectivity index (χ1) is 19.7. The normalized spacial score (nSPS) is 9.32. The fourth-order valence-corrected chi connectivity index (χ4v) is 4.95. The quantitative estimate of drug-likeness (QED) is 0.109. The predicted octanol–water partition coefficient (Wildman–Crippen LogP) is 11.4. The number of fused-ring (bicyclic) bond motifs is 6. The van der Waals surface area contributed by atoms with E-state index in [9.17, 15) is 0 Å². The molecule has 216 valence electrons. The van der Waals surface area contributed by atoms with Gasteiger partial charge in [-0.2, -0.15) is 72.8 Å². The molecule has 0 heterocycles. The molecule has 4 aliphatic rings. The van der Waals surface area contributed by atoms with E-state index in [0.717, 1.165) is 0 Å².